The van der Waals surface area contributed by atoms with E-state index in [1.54, 1.807) is 20.0 Å². The molecule has 0 fully saturated rings. The van der Waals surface area contributed by atoms with Crippen molar-refractivity contribution in [2.75, 3.05) is 13.8 Å². The largest absolute Gasteiger partial charge is 0.482 e. The van der Waals surface area contributed by atoms with E-state index in [1.165, 1.54) is 12.3 Å². The lowest BCUT2D eigenvalue weighted by atomic mass is 9.75. The second-order valence-corrected chi connectivity index (χ2v) is 7.27. The molecule has 2 rings (SSSR count). The van der Waals surface area contributed by atoms with Gasteiger partial charge in [0, 0.05) is 18.1 Å². The highest BCUT2D eigenvalue weighted by atomic mass is 19.4. The molecule has 7 heteroatoms. The quantitative estimate of drug-likeness (QED) is 0.588. The number of hydrogen-bond acceptors (Lipinski definition) is 4. The number of alkyl halides is 3. The van der Waals surface area contributed by atoms with Crippen molar-refractivity contribution in [2.24, 2.45) is 10.4 Å². The summed E-state index contributed by atoms with van der Waals surface area (Å²) in [5.41, 5.74) is -0.214. The zero-order chi connectivity index (χ0) is 20.2. The Hall–Kier alpha value is -2.15. The number of ketones is 1. The van der Waals surface area contributed by atoms with Crippen LogP contribution in [0.25, 0.3) is 0 Å². The van der Waals surface area contributed by atoms with E-state index in [9.17, 15) is 18.0 Å². The third kappa shape index (κ3) is 5.19. The van der Waals surface area contributed by atoms with Gasteiger partial charge in [-0.25, -0.2) is 0 Å². The smallest absolute Gasteiger partial charge is 0.416 e. The van der Waals surface area contributed by atoms with Crippen molar-refractivity contribution in [3.63, 3.8) is 0 Å². The number of halogens is 3. The number of benzene rings is 1. The van der Waals surface area contributed by atoms with Crippen LogP contribution in [-0.2, 0) is 15.7 Å². The third-order valence-corrected chi connectivity index (χ3v) is 4.58. The zero-order valence-electron chi connectivity index (χ0n) is 16.0. The summed E-state index contributed by atoms with van der Waals surface area (Å²) in [6.45, 7) is 6.03. The van der Waals surface area contributed by atoms with E-state index < -0.39 is 17.8 Å². The molecule has 0 aromatic heterocycles. The highest BCUT2D eigenvalue weighted by Gasteiger charge is 2.38. The molecule has 1 N–H and O–H groups in total. The molecule has 0 radical (unpaired) electrons. The van der Waals surface area contributed by atoms with Crippen LogP contribution in [0.15, 0.2) is 40.6 Å². The Morgan fingerprint density at radius 2 is 2.07 bits per heavy atom. The summed E-state index contributed by atoms with van der Waals surface area (Å²) in [5.74, 6) is 0.566. The summed E-state index contributed by atoms with van der Waals surface area (Å²) in [5, 5.41) is 2.89. The number of Topliss-reactive ketones (excluding diaryl/α,β-unsaturated/α-hetero) is 1. The molecule has 0 saturated heterocycles. The van der Waals surface area contributed by atoms with Crippen molar-refractivity contribution in [1.82, 2.24) is 5.32 Å². The first-order valence-electron chi connectivity index (χ1n) is 8.82. The first-order chi connectivity index (χ1) is 12.6. The normalized spacial score (nSPS) is 18.9. The molecule has 0 aliphatic heterocycles. The van der Waals surface area contributed by atoms with Crippen LogP contribution in [0.1, 0.15) is 44.7 Å². The number of carbonyl (C=O) groups excluding carboxylic acids is 1. The van der Waals surface area contributed by atoms with Crippen LogP contribution in [0.5, 0.6) is 0 Å². The van der Waals surface area contributed by atoms with Gasteiger partial charge in [0.2, 0.25) is 0 Å². The molecule has 148 valence electrons. The van der Waals surface area contributed by atoms with Crippen LogP contribution in [0.4, 0.5) is 13.2 Å². The minimum atomic E-state index is -4.41. The van der Waals surface area contributed by atoms with E-state index in [2.05, 4.69) is 10.3 Å². The van der Waals surface area contributed by atoms with E-state index in [4.69, 9.17) is 4.74 Å². The summed E-state index contributed by atoms with van der Waals surface area (Å²) < 4.78 is 44.3. The minimum Gasteiger partial charge on any atom is -0.482 e. The minimum absolute atomic E-state index is 0.0332. The lowest BCUT2D eigenvalue weighted by molar-refractivity contribution is -0.137. The molecular weight excluding hydrogens is 357 g/mol. The van der Waals surface area contributed by atoms with Crippen LogP contribution in [0, 0.1) is 5.41 Å². The lowest BCUT2D eigenvalue weighted by Crippen LogP contribution is -2.32. The molecule has 0 bridgehead atoms. The number of carbonyl (C=O) groups is 1. The first-order valence-corrected chi connectivity index (χ1v) is 8.82. The number of nitrogens with one attached hydrogen (secondary N) is 1. The average molecular weight is 382 g/mol. The number of hydrogen-bond donors (Lipinski definition) is 1. The molecule has 0 heterocycles. The molecule has 1 aliphatic rings. The summed E-state index contributed by atoms with van der Waals surface area (Å²) in [4.78, 5) is 16.9. The van der Waals surface area contributed by atoms with Gasteiger partial charge in [-0.3, -0.25) is 15.1 Å². The molecule has 0 saturated carbocycles. The van der Waals surface area contributed by atoms with Crippen LogP contribution < -0.4 is 5.32 Å². The molecular formula is C20H25F3N2O2. The third-order valence-electron chi connectivity index (χ3n) is 4.58. The number of ether oxygens (including phenoxy) is 1. The van der Waals surface area contributed by atoms with E-state index in [0.717, 1.165) is 12.1 Å². The molecule has 1 atom stereocenters. The Bertz CT molecular complexity index is 752. The van der Waals surface area contributed by atoms with Gasteiger partial charge in [0.25, 0.3) is 0 Å². The van der Waals surface area contributed by atoms with Gasteiger partial charge in [-0.1, -0.05) is 26.0 Å². The van der Waals surface area contributed by atoms with E-state index in [-0.39, 0.29) is 17.9 Å². The highest BCUT2D eigenvalue weighted by molar-refractivity contribution is 5.98. The van der Waals surface area contributed by atoms with Crippen LogP contribution >= 0.6 is 0 Å². The fourth-order valence-electron chi connectivity index (χ4n) is 3.07. The van der Waals surface area contributed by atoms with Gasteiger partial charge in [-0.15, -0.1) is 0 Å². The van der Waals surface area contributed by atoms with Crippen molar-refractivity contribution < 1.29 is 22.7 Å². The van der Waals surface area contributed by atoms with E-state index in [1.807, 2.05) is 13.8 Å². The Balaban J connectivity index is 2.33. The molecule has 0 amide bonds. The molecule has 1 aromatic rings. The standard InChI is InChI=1S/C20H25F3N2O2/c1-13(25-11-14-6-5-7-15(10-14)20(21,22)23)17-16(26)8-9-19(2,3)18(17)27-12-24-4/h5-7,10-11,13,24H,8-9,12H2,1-4H3. The molecule has 27 heavy (non-hydrogen) atoms. The fourth-order valence-corrected chi connectivity index (χ4v) is 3.07. The van der Waals surface area contributed by atoms with Crippen LogP contribution in [0.2, 0.25) is 0 Å². The second kappa shape index (κ2) is 8.25. The predicted octanol–water partition coefficient (Wildman–Crippen LogP) is 4.35. The van der Waals surface area contributed by atoms with Crippen molar-refractivity contribution in [3.05, 3.63) is 46.7 Å². The summed E-state index contributed by atoms with van der Waals surface area (Å²) in [6.07, 6.45) is -1.95. The van der Waals surface area contributed by atoms with Crippen LogP contribution in [-0.4, -0.2) is 31.8 Å². The molecule has 1 unspecified atom stereocenters. The van der Waals surface area contributed by atoms with Gasteiger partial charge in [-0.05, 0) is 38.1 Å². The maximum absolute atomic E-state index is 12.8. The van der Waals surface area contributed by atoms with Crippen molar-refractivity contribution in [1.29, 1.82) is 0 Å². The Kier molecular flexibility index (Phi) is 6.46. The molecule has 4 nitrogen and oxygen atoms in total. The number of aliphatic imine (C=N–C) groups is 1. The number of nitrogens with zero attached hydrogens (tertiary/aromatic N) is 1. The second-order valence-electron chi connectivity index (χ2n) is 7.27. The summed E-state index contributed by atoms with van der Waals surface area (Å²) in [6, 6.07) is 4.42. The van der Waals surface area contributed by atoms with Gasteiger partial charge in [0.15, 0.2) is 5.78 Å². The Morgan fingerprint density at radius 3 is 2.70 bits per heavy atom. The topological polar surface area (TPSA) is 50.7 Å². The van der Waals surface area contributed by atoms with E-state index >= 15 is 0 Å². The average Bonchev–Trinajstić information content (AvgIpc) is 2.60. The van der Waals surface area contributed by atoms with Gasteiger partial charge in [0.05, 0.1) is 17.2 Å². The monoisotopic (exact) mass is 382 g/mol. The summed E-state index contributed by atoms with van der Waals surface area (Å²) >= 11 is 0. The van der Waals surface area contributed by atoms with Crippen LogP contribution in [0.3, 0.4) is 0 Å². The van der Waals surface area contributed by atoms with Crippen molar-refractivity contribution >= 4 is 12.0 Å². The van der Waals surface area contributed by atoms with E-state index in [0.29, 0.717) is 29.7 Å². The zero-order valence-corrected chi connectivity index (χ0v) is 16.0. The van der Waals surface area contributed by atoms with Gasteiger partial charge < -0.3 is 4.74 Å². The first kappa shape index (κ1) is 21.2. The van der Waals surface area contributed by atoms with Gasteiger partial charge in [0.1, 0.15) is 12.5 Å². The maximum Gasteiger partial charge on any atom is 0.416 e. The SMILES string of the molecule is CNCOC1=C(C(C)N=Cc2cccc(C(F)(F)F)c2)C(=O)CCC1(C)C. The van der Waals surface area contributed by atoms with Gasteiger partial charge in [-0.2, -0.15) is 13.2 Å². The summed E-state index contributed by atoms with van der Waals surface area (Å²) in [7, 11) is 1.74. The molecule has 0 spiro atoms. The fraction of sp³-hybridized carbons (Fsp3) is 0.500. The lowest BCUT2D eigenvalue weighted by Gasteiger charge is -2.34. The Morgan fingerprint density at radius 1 is 1.37 bits per heavy atom. The predicted molar refractivity (Wildman–Crippen MR) is 98.6 cm³/mol. The van der Waals surface area contributed by atoms with Crippen molar-refractivity contribution in [2.45, 2.75) is 45.8 Å². The Labute approximate surface area is 157 Å². The number of allylic oxidation sites excluding steroid dienone is 1. The van der Waals surface area contributed by atoms with Gasteiger partial charge >= 0.3 is 6.18 Å². The maximum atomic E-state index is 12.8. The molecule has 1 aromatic carbocycles. The molecule has 1 aliphatic carbocycles. The number of rotatable bonds is 6. The van der Waals surface area contributed by atoms with Crippen molar-refractivity contribution in [3.8, 4) is 0 Å². The highest BCUT2D eigenvalue weighted by Crippen LogP contribution is 2.40.